The predicted octanol–water partition coefficient (Wildman–Crippen LogP) is -0.311. The molecule has 5 heteroatoms. The average molecular weight is 420 g/mol. The Bertz CT molecular complexity index is 34.2. The van der Waals surface area contributed by atoms with Crippen LogP contribution in [0, 0.1) is 0 Å². The molecule has 0 spiro atoms. The maximum atomic E-state index is 9.30. The van der Waals surface area contributed by atoms with Gasteiger partial charge in [0.05, 0.1) is 0 Å². The second kappa shape index (κ2) is 4.88. The van der Waals surface area contributed by atoms with Gasteiger partial charge in [0.25, 0.3) is 0 Å². The molecule has 0 saturated carbocycles. The molecule has 0 unspecified atom stereocenters. The van der Waals surface area contributed by atoms with E-state index < -0.39 is 36.6 Å². The summed E-state index contributed by atoms with van der Waals surface area (Å²) in [6.07, 6.45) is 0. The van der Waals surface area contributed by atoms with Crippen molar-refractivity contribution in [2.75, 3.05) is 0 Å². The first-order valence-corrected chi connectivity index (χ1v) is 5.05. The molecule has 0 N–H and O–H groups in total. The fourth-order valence-corrected chi connectivity index (χ4v) is 0.651. The van der Waals surface area contributed by atoms with Crippen molar-refractivity contribution in [3.63, 3.8) is 0 Å². The predicted molar refractivity (Wildman–Crippen MR) is 2.46 cm³/mol. The maximum absolute atomic E-state index is 9.30. The molecule has 32 valence electrons. The molecule has 0 aliphatic rings. The molecule has 0 heterocycles. The SMILES string of the molecule is [O]=[Re][O][Re]=[O]. The topological polar surface area (TPSA) is 43.4 Å². The molecule has 0 bridgehead atoms. The Morgan fingerprint density at radius 2 is 1.60 bits per heavy atom. The fraction of sp³-hybridized carbons (Fsp3) is 0. The van der Waals surface area contributed by atoms with Crippen LogP contribution in [-0.4, -0.2) is 0 Å². The van der Waals surface area contributed by atoms with Crippen LogP contribution in [0.25, 0.3) is 0 Å². The van der Waals surface area contributed by atoms with Crippen molar-refractivity contribution in [1.29, 1.82) is 0 Å². The van der Waals surface area contributed by atoms with E-state index >= 15 is 0 Å². The van der Waals surface area contributed by atoms with Gasteiger partial charge in [0.15, 0.2) is 0 Å². The second-order valence-electron chi connectivity index (χ2n) is 0.184. The van der Waals surface area contributed by atoms with Crippen molar-refractivity contribution < 1.29 is 45.7 Å². The third kappa shape index (κ3) is 4.88. The minimum atomic E-state index is -1.67. The van der Waals surface area contributed by atoms with Gasteiger partial charge >= 0.3 is 45.7 Å². The van der Waals surface area contributed by atoms with E-state index in [0.717, 1.165) is 0 Å². The van der Waals surface area contributed by atoms with Crippen molar-refractivity contribution in [2.45, 2.75) is 0 Å². The quantitative estimate of drug-likeness (QED) is 0.616. The summed E-state index contributed by atoms with van der Waals surface area (Å²) in [5.74, 6) is 0. The summed E-state index contributed by atoms with van der Waals surface area (Å²) < 4.78 is 22.6. The first-order valence-electron chi connectivity index (χ1n) is 0.617. The van der Waals surface area contributed by atoms with Gasteiger partial charge in [-0.05, 0) is 0 Å². The molecule has 0 fully saturated rings. The molecule has 0 aliphatic carbocycles. The Labute approximate surface area is 45.8 Å². The monoisotopic (exact) mass is 422 g/mol. The molecule has 0 saturated heterocycles. The summed E-state index contributed by atoms with van der Waals surface area (Å²) in [5, 5.41) is 0. The van der Waals surface area contributed by atoms with Crippen molar-refractivity contribution in [3.05, 3.63) is 0 Å². The fourth-order valence-electron chi connectivity index (χ4n) is 0.00972. The first-order chi connectivity index (χ1) is 2.41. The molecule has 0 rings (SSSR count). The van der Waals surface area contributed by atoms with Gasteiger partial charge in [-0.1, -0.05) is 0 Å². The molecule has 3 nitrogen and oxygen atoms in total. The van der Waals surface area contributed by atoms with Gasteiger partial charge in [0, 0.05) is 0 Å². The number of hydrogen-bond donors (Lipinski definition) is 0. The van der Waals surface area contributed by atoms with Crippen LogP contribution in [0.5, 0.6) is 0 Å². The van der Waals surface area contributed by atoms with Crippen LogP contribution in [0.3, 0.4) is 0 Å². The molecule has 0 aromatic carbocycles. The van der Waals surface area contributed by atoms with Crippen molar-refractivity contribution in [3.8, 4) is 0 Å². The number of rotatable bonds is 2. The van der Waals surface area contributed by atoms with Gasteiger partial charge in [-0.2, -0.15) is 0 Å². The van der Waals surface area contributed by atoms with Crippen LogP contribution in [0.15, 0.2) is 0 Å². The van der Waals surface area contributed by atoms with Crippen LogP contribution < -0.4 is 0 Å². The zero-order chi connectivity index (χ0) is 4.12. The zero-order valence-electron chi connectivity index (χ0n) is 1.98. The van der Waals surface area contributed by atoms with E-state index in [1.54, 1.807) is 0 Å². The van der Waals surface area contributed by atoms with Gasteiger partial charge in [-0.25, -0.2) is 0 Å². The van der Waals surface area contributed by atoms with Gasteiger partial charge in [0.2, 0.25) is 0 Å². The van der Waals surface area contributed by atoms with E-state index in [2.05, 4.69) is 2.18 Å². The van der Waals surface area contributed by atoms with E-state index in [4.69, 9.17) is 0 Å². The molecular formula is O3Re2. The van der Waals surface area contributed by atoms with Gasteiger partial charge in [0.1, 0.15) is 0 Å². The summed E-state index contributed by atoms with van der Waals surface area (Å²) >= 11 is -3.35. The number of hydrogen-bond acceptors (Lipinski definition) is 3. The Morgan fingerprint density at radius 3 is 1.60 bits per heavy atom. The third-order valence-electron chi connectivity index (χ3n) is 0.0476. The molecule has 0 aromatic rings. The minimum absolute atomic E-state index is 1.67. The molecule has 0 radical (unpaired) electrons. The van der Waals surface area contributed by atoms with E-state index in [-0.39, 0.29) is 0 Å². The summed E-state index contributed by atoms with van der Waals surface area (Å²) in [5.41, 5.74) is 0. The summed E-state index contributed by atoms with van der Waals surface area (Å²) in [6, 6.07) is 0. The Morgan fingerprint density at radius 1 is 1.20 bits per heavy atom. The van der Waals surface area contributed by atoms with E-state index in [9.17, 15) is 6.94 Å². The summed E-state index contributed by atoms with van der Waals surface area (Å²) in [4.78, 5) is 0. The molecule has 0 aromatic heterocycles. The van der Waals surface area contributed by atoms with Crippen LogP contribution in [0.1, 0.15) is 0 Å². The van der Waals surface area contributed by atoms with Crippen LogP contribution in [0.2, 0.25) is 0 Å². The first kappa shape index (κ1) is 5.88. The molecule has 5 heavy (non-hydrogen) atoms. The Hall–Kier alpha value is 0.885. The summed E-state index contributed by atoms with van der Waals surface area (Å²) in [7, 11) is 0. The molecule has 0 aliphatic heterocycles. The Balaban J connectivity index is 2.65. The second-order valence-corrected chi connectivity index (χ2v) is 4.94. The van der Waals surface area contributed by atoms with Gasteiger partial charge < -0.3 is 0 Å². The third-order valence-corrected chi connectivity index (χ3v) is 3.19. The van der Waals surface area contributed by atoms with E-state index in [1.165, 1.54) is 0 Å². The van der Waals surface area contributed by atoms with Crippen LogP contribution in [0.4, 0.5) is 0 Å². The van der Waals surface area contributed by atoms with Gasteiger partial charge in [-0.15, -0.1) is 0 Å². The van der Waals surface area contributed by atoms with E-state index in [1.807, 2.05) is 0 Å². The average Bonchev–Trinajstić information content (AvgIpc) is 1.41. The van der Waals surface area contributed by atoms with E-state index in [0.29, 0.717) is 0 Å². The Kier molecular flexibility index (Phi) is 5.75. The van der Waals surface area contributed by atoms with Crippen molar-refractivity contribution in [2.24, 2.45) is 0 Å². The molecule has 0 atom stereocenters. The van der Waals surface area contributed by atoms with Gasteiger partial charge in [-0.3, -0.25) is 0 Å². The summed E-state index contributed by atoms with van der Waals surface area (Å²) in [6.45, 7) is 0. The molecule has 0 amide bonds. The standard InChI is InChI=1S/3O.2Re. The van der Waals surface area contributed by atoms with Crippen molar-refractivity contribution in [1.82, 2.24) is 0 Å². The molecular weight excluding hydrogens is 420 g/mol. The zero-order valence-corrected chi connectivity index (χ0v) is 7.41. The normalized spacial score (nSPS) is 8.00. The van der Waals surface area contributed by atoms with Crippen molar-refractivity contribution >= 4 is 0 Å². The van der Waals surface area contributed by atoms with Crippen LogP contribution in [-0.2, 0) is 45.7 Å². The van der Waals surface area contributed by atoms with Crippen LogP contribution >= 0.6 is 0 Å².